The van der Waals surface area contributed by atoms with Crippen LogP contribution in [-0.4, -0.2) is 17.3 Å². The average Bonchev–Trinajstić information content (AvgIpc) is 2.71. The van der Waals surface area contributed by atoms with Crippen LogP contribution >= 0.6 is 11.9 Å². The molecule has 0 fully saturated rings. The first-order chi connectivity index (χ1) is 13.9. The molecule has 4 heteroatoms. The van der Waals surface area contributed by atoms with E-state index >= 15 is 0 Å². The predicted molar refractivity (Wildman–Crippen MR) is 123 cm³/mol. The van der Waals surface area contributed by atoms with Crippen molar-refractivity contribution in [3.63, 3.8) is 0 Å². The third kappa shape index (κ3) is 3.32. The summed E-state index contributed by atoms with van der Waals surface area (Å²) in [5, 5.41) is 9.66. The maximum absolute atomic E-state index is 11.8. The van der Waals surface area contributed by atoms with Crippen molar-refractivity contribution in [2.45, 2.75) is 33.7 Å². The maximum atomic E-state index is 11.8. The molecule has 0 atom stereocenters. The Kier molecular flexibility index (Phi) is 5.13. The van der Waals surface area contributed by atoms with E-state index in [4.69, 9.17) is 0 Å². The van der Waals surface area contributed by atoms with Gasteiger partial charge in [-0.15, -0.1) is 0 Å². The Hall–Kier alpha value is -2.72. The van der Waals surface area contributed by atoms with Gasteiger partial charge in [-0.3, -0.25) is 4.79 Å². The van der Waals surface area contributed by atoms with Crippen molar-refractivity contribution < 1.29 is 9.90 Å². The van der Waals surface area contributed by atoms with E-state index < -0.39 is 5.97 Å². The molecule has 3 aromatic rings. The standard InChI is InChI=1S/C25H25NO2S/c1-15-9-11-18(12-10-15)23-17(3)24-20-8-6-5-7-19(20)14-26(29-4)25(24)16(2)21(23)13-22(27)28/h5-12H,13-14H2,1-4H3,(H,27,28). The molecule has 1 N–H and O–H groups in total. The van der Waals surface area contributed by atoms with E-state index in [0.717, 1.165) is 40.0 Å². The quantitative estimate of drug-likeness (QED) is 0.529. The molecule has 1 heterocycles. The first-order valence-corrected chi connectivity index (χ1v) is 10.9. The van der Waals surface area contributed by atoms with Gasteiger partial charge in [0.1, 0.15) is 0 Å². The van der Waals surface area contributed by atoms with Gasteiger partial charge in [0.25, 0.3) is 0 Å². The third-order valence-electron chi connectivity index (χ3n) is 5.84. The molecule has 3 nitrogen and oxygen atoms in total. The molecule has 3 aromatic carbocycles. The fraction of sp³-hybridized carbons (Fsp3) is 0.240. The van der Waals surface area contributed by atoms with Gasteiger partial charge in [-0.2, -0.15) is 0 Å². The second-order valence-corrected chi connectivity index (χ2v) is 8.45. The molecular weight excluding hydrogens is 378 g/mol. The number of aryl methyl sites for hydroxylation is 1. The van der Waals surface area contributed by atoms with E-state index in [0.29, 0.717) is 0 Å². The van der Waals surface area contributed by atoms with Crippen LogP contribution in [0.2, 0.25) is 0 Å². The number of fused-ring (bicyclic) bond motifs is 3. The van der Waals surface area contributed by atoms with E-state index in [1.165, 1.54) is 22.3 Å². The van der Waals surface area contributed by atoms with Crippen LogP contribution in [0.5, 0.6) is 0 Å². The van der Waals surface area contributed by atoms with Crippen molar-refractivity contribution in [3.05, 3.63) is 76.3 Å². The van der Waals surface area contributed by atoms with E-state index in [1.807, 2.05) is 0 Å². The molecule has 0 amide bonds. The molecule has 1 aliphatic heterocycles. The normalized spacial score (nSPS) is 12.5. The summed E-state index contributed by atoms with van der Waals surface area (Å²) in [6.07, 6.45) is 2.10. The minimum Gasteiger partial charge on any atom is -0.481 e. The van der Waals surface area contributed by atoms with E-state index in [1.54, 1.807) is 11.9 Å². The first-order valence-electron chi connectivity index (χ1n) is 9.77. The van der Waals surface area contributed by atoms with Crippen LogP contribution in [0.3, 0.4) is 0 Å². The van der Waals surface area contributed by atoms with Crippen LogP contribution < -0.4 is 4.31 Å². The van der Waals surface area contributed by atoms with Crippen LogP contribution in [0.4, 0.5) is 5.69 Å². The fourth-order valence-corrected chi connectivity index (χ4v) is 5.14. The van der Waals surface area contributed by atoms with Crippen LogP contribution in [0.1, 0.15) is 27.8 Å². The molecule has 4 rings (SSSR count). The van der Waals surface area contributed by atoms with Crippen molar-refractivity contribution in [1.82, 2.24) is 0 Å². The summed E-state index contributed by atoms with van der Waals surface area (Å²) < 4.78 is 2.30. The van der Waals surface area contributed by atoms with Crippen LogP contribution in [0, 0.1) is 20.8 Å². The van der Waals surface area contributed by atoms with Crippen LogP contribution in [-0.2, 0) is 17.8 Å². The number of nitrogens with zero attached hydrogens (tertiary/aromatic N) is 1. The largest absolute Gasteiger partial charge is 0.481 e. The van der Waals surface area contributed by atoms with Gasteiger partial charge in [0.05, 0.1) is 18.7 Å². The summed E-state index contributed by atoms with van der Waals surface area (Å²) in [5.74, 6) is -0.798. The second-order valence-electron chi connectivity index (χ2n) is 7.64. The summed E-state index contributed by atoms with van der Waals surface area (Å²) >= 11 is 1.69. The van der Waals surface area contributed by atoms with Crippen molar-refractivity contribution >= 4 is 23.6 Å². The van der Waals surface area contributed by atoms with Gasteiger partial charge in [-0.1, -0.05) is 66.0 Å². The number of carboxylic acids is 1. The molecule has 0 aliphatic carbocycles. The predicted octanol–water partition coefficient (Wildman–Crippen LogP) is 6.17. The molecule has 0 saturated heterocycles. The van der Waals surface area contributed by atoms with Crippen molar-refractivity contribution in [1.29, 1.82) is 0 Å². The molecule has 0 spiro atoms. The minimum atomic E-state index is -0.798. The SMILES string of the molecule is CSN1Cc2ccccc2-c2c(C)c(-c3ccc(C)cc3)c(CC(=O)O)c(C)c21. The van der Waals surface area contributed by atoms with Crippen molar-refractivity contribution in [2.24, 2.45) is 0 Å². The average molecular weight is 404 g/mol. The van der Waals surface area contributed by atoms with Gasteiger partial charge in [-0.25, -0.2) is 0 Å². The number of aliphatic carboxylic acids is 1. The summed E-state index contributed by atoms with van der Waals surface area (Å²) in [7, 11) is 0. The highest BCUT2D eigenvalue weighted by atomic mass is 32.2. The highest BCUT2D eigenvalue weighted by Gasteiger charge is 2.29. The van der Waals surface area contributed by atoms with Gasteiger partial charge in [0.2, 0.25) is 0 Å². The third-order valence-corrected chi connectivity index (χ3v) is 6.59. The number of hydrogen-bond donors (Lipinski definition) is 1. The molecule has 29 heavy (non-hydrogen) atoms. The zero-order valence-corrected chi connectivity index (χ0v) is 18.1. The van der Waals surface area contributed by atoms with Crippen LogP contribution in [0.15, 0.2) is 48.5 Å². The van der Waals surface area contributed by atoms with Gasteiger partial charge in [0, 0.05) is 11.8 Å². The summed E-state index contributed by atoms with van der Waals surface area (Å²) in [4.78, 5) is 11.8. The van der Waals surface area contributed by atoms with Crippen molar-refractivity contribution in [3.8, 4) is 22.3 Å². The number of carboxylic acid groups (broad SMARTS) is 1. The number of benzene rings is 3. The summed E-state index contributed by atoms with van der Waals surface area (Å²) in [5.41, 5.74) is 11.4. The lowest BCUT2D eigenvalue weighted by Gasteiger charge is -2.35. The van der Waals surface area contributed by atoms with E-state index in [2.05, 4.69) is 79.9 Å². The molecular formula is C25H25NO2S. The van der Waals surface area contributed by atoms with E-state index in [9.17, 15) is 9.90 Å². The van der Waals surface area contributed by atoms with Gasteiger partial charge >= 0.3 is 5.97 Å². The fourth-order valence-electron chi connectivity index (χ4n) is 4.46. The lowest BCUT2D eigenvalue weighted by atomic mass is 9.81. The lowest BCUT2D eigenvalue weighted by Crippen LogP contribution is -2.22. The molecule has 0 saturated carbocycles. The Morgan fingerprint density at radius 1 is 1.00 bits per heavy atom. The number of hydrogen-bond acceptors (Lipinski definition) is 3. The Bertz CT molecular complexity index is 1100. The smallest absolute Gasteiger partial charge is 0.307 e. The number of carbonyl (C=O) groups is 1. The summed E-state index contributed by atoms with van der Waals surface area (Å²) in [6.45, 7) is 7.10. The first kappa shape index (κ1) is 19.6. The summed E-state index contributed by atoms with van der Waals surface area (Å²) in [6, 6.07) is 17.0. The topological polar surface area (TPSA) is 40.5 Å². The van der Waals surface area contributed by atoms with Gasteiger partial charge in [-0.05, 0) is 59.7 Å². The van der Waals surface area contributed by atoms with Gasteiger partial charge in [0.15, 0.2) is 0 Å². The van der Waals surface area contributed by atoms with Crippen LogP contribution in [0.25, 0.3) is 22.3 Å². The second kappa shape index (κ2) is 7.60. The lowest BCUT2D eigenvalue weighted by molar-refractivity contribution is -0.136. The molecule has 0 aromatic heterocycles. The molecule has 1 aliphatic rings. The highest BCUT2D eigenvalue weighted by Crippen LogP contribution is 2.50. The number of rotatable bonds is 4. The number of anilines is 1. The Labute approximate surface area is 176 Å². The monoisotopic (exact) mass is 403 g/mol. The van der Waals surface area contributed by atoms with Crippen molar-refractivity contribution in [2.75, 3.05) is 10.6 Å². The molecule has 0 bridgehead atoms. The maximum Gasteiger partial charge on any atom is 0.307 e. The highest BCUT2D eigenvalue weighted by molar-refractivity contribution is 7.99. The zero-order chi connectivity index (χ0) is 20.7. The molecule has 0 unspecified atom stereocenters. The molecule has 148 valence electrons. The zero-order valence-electron chi connectivity index (χ0n) is 17.2. The van der Waals surface area contributed by atoms with Gasteiger partial charge < -0.3 is 9.41 Å². The van der Waals surface area contributed by atoms with E-state index in [-0.39, 0.29) is 6.42 Å². The minimum absolute atomic E-state index is 0.0209. The Morgan fingerprint density at radius 3 is 2.34 bits per heavy atom. The Morgan fingerprint density at radius 2 is 1.69 bits per heavy atom. The molecule has 0 radical (unpaired) electrons. The Balaban J connectivity index is 2.11.